The van der Waals surface area contributed by atoms with Gasteiger partial charge in [-0.3, -0.25) is 0 Å². The van der Waals surface area contributed by atoms with Crippen LogP contribution < -0.4 is 5.73 Å². The van der Waals surface area contributed by atoms with Gasteiger partial charge in [-0.15, -0.1) is 0 Å². The quantitative estimate of drug-likeness (QED) is 0.805. The minimum atomic E-state index is -0.203. The van der Waals surface area contributed by atoms with Gasteiger partial charge < -0.3 is 14.6 Å². The molecule has 3 rings (SSSR count). The molecule has 2 aromatic heterocycles. The van der Waals surface area contributed by atoms with Crippen LogP contribution >= 0.6 is 15.9 Å². The summed E-state index contributed by atoms with van der Waals surface area (Å²) < 4.78 is 11.5. The van der Waals surface area contributed by atoms with Gasteiger partial charge in [-0.1, -0.05) is 12.1 Å². The highest BCUT2D eigenvalue weighted by molar-refractivity contribution is 9.10. The molecule has 1 unspecified atom stereocenters. The molecule has 1 aromatic carbocycles. The van der Waals surface area contributed by atoms with Crippen molar-refractivity contribution in [3.8, 4) is 0 Å². The molecule has 92 valence electrons. The summed E-state index contributed by atoms with van der Waals surface area (Å²) in [5, 5.41) is 0. The van der Waals surface area contributed by atoms with Crippen molar-refractivity contribution in [2.45, 2.75) is 12.5 Å². The van der Waals surface area contributed by atoms with E-state index >= 15 is 0 Å². The molecule has 3 aromatic rings. The van der Waals surface area contributed by atoms with Gasteiger partial charge in [0.1, 0.15) is 5.52 Å². The van der Waals surface area contributed by atoms with Crippen LogP contribution in [0.25, 0.3) is 11.1 Å². The summed E-state index contributed by atoms with van der Waals surface area (Å²) in [6, 6.07) is 9.31. The van der Waals surface area contributed by atoms with Gasteiger partial charge in [-0.05, 0) is 34.1 Å². The van der Waals surface area contributed by atoms with Gasteiger partial charge in [-0.25, -0.2) is 4.98 Å². The summed E-state index contributed by atoms with van der Waals surface area (Å²) in [4.78, 5) is 4.40. The Bertz CT molecular complexity index is 641. The molecule has 18 heavy (non-hydrogen) atoms. The third-order valence-electron chi connectivity index (χ3n) is 2.78. The largest absolute Gasteiger partial charge is 0.457 e. The fourth-order valence-electron chi connectivity index (χ4n) is 1.88. The van der Waals surface area contributed by atoms with Crippen LogP contribution in [0.1, 0.15) is 17.5 Å². The standard InChI is InChI=1S/C13H11BrN2O2/c14-13-8(5-6-17-13)9(15)7-12-16-10-3-1-2-4-11(10)18-12/h1-6,9H,7,15H2. The Kier molecular flexibility index (Phi) is 2.93. The van der Waals surface area contributed by atoms with Gasteiger partial charge in [0.05, 0.1) is 6.26 Å². The van der Waals surface area contributed by atoms with E-state index in [-0.39, 0.29) is 6.04 Å². The van der Waals surface area contributed by atoms with Gasteiger partial charge in [0.25, 0.3) is 0 Å². The number of benzene rings is 1. The van der Waals surface area contributed by atoms with E-state index in [0.717, 1.165) is 16.7 Å². The molecule has 0 radical (unpaired) electrons. The summed E-state index contributed by atoms with van der Waals surface area (Å²) in [5.41, 5.74) is 8.65. The Labute approximate surface area is 112 Å². The summed E-state index contributed by atoms with van der Waals surface area (Å²) in [6.45, 7) is 0. The summed E-state index contributed by atoms with van der Waals surface area (Å²) in [5.74, 6) is 0.636. The first kappa shape index (κ1) is 11.5. The Morgan fingerprint density at radius 2 is 2.11 bits per heavy atom. The third-order valence-corrected chi connectivity index (χ3v) is 3.42. The highest BCUT2D eigenvalue weighted by atomic mass is 79.9. The number of fused-ring (bicyclic) bond motifs is 1. The first-order valence-corrected chi connectivity index (χ1v) is 6.36. The number of furan rings is 1. The van der Waals surface area contributed by atoms with Crippen LogP contribution in [0.5, 0.6) is 0 Å². The zero-order valence-corrected chi connectivity index (χ0v) is 11.1. The van der Waals surface area contributed by atoms with Crippen LogP contribution in [0.3, 0.4) is 0 Å². The van der Waals surface area contributed by atoms with E-state index in [2.05, 4.69) is 20.9 Å². The first-order valence-electron chi connectivity index (χ1n) is 5.57. The van der Waals surface area contributed by atoms with E-state index in [1.807, 2.05) is 30.3 Å². The number of aromatic nitrogens is 1. The van der Waals surface area contributed by atoms with Crippen molar-refractivity contribution in [2.75, 3.05) is 0 Å². The van der Waals surface area contributed by atoms with Crippen LogP contribution in [-0.4, -0.2) is 4.98 Å². The van der Waals surface area contributed by atoms with Crippen LogP contribution in [0.15, 0.2) is 50.1 Å². The molecule has 0 aliphatic rings. The number of rotatable bonds is 3. The van der Waals surface area contributed by atoms with Crippen LogP contribution in [0, 0.1) is 0 Å². The van der Waals surface area contributed by atoms with Crippen molar-refractivity contribution < 1.29 is 8.83 Å². The second-order valence-corrected chi connectivity index (χ2v) is 4.76. The number of nitrogens with zero attached hydrogens (tertiary/aromatic N) is 1. The monoisotopic (exact) mass is 306 g/mol. The molecule has 0 aliphatic carbocycles. The lowest BCUT2D eigenvalue weighted by atomic mass is 10.1. The second kappa shape index (κ2) is 4.59. The summed E-state index contributed by atoms with van der Waals surface area (Å²) in [7, 11) is 0. The zero-order valence-electron chi connectivity index (χ0n) is 9.47. The van der Waals surface area contributed by atoms with Crippen molar-refractivity contribution in [1.29, 1.82) is 0 Å². The van der Waals surface area contributed by atoms with Crippen LogP contribution in [0.2, 0.25) is 0 Å². The number of halogens is 1. The fraction of sp³-hybridized carbons (Fsp3) is 0.154. The number of oxazole rings is 1. The molecular formula is C13H11BrN2O2. The lowest BCUT2D eigenvalue weighted by Crippen LogP contribution is -2.13. The van der Waals surface area contributed by atoms with Gasteiger partial charge in [0.15, 0.2) is 16.1 Å². The van der Waals surface area contributed by atoms with Crippen molar-refractivity contribution >= 4 is 27.0 Å². The molecule has 0 saturated heterocycles. The predicted molar refractivity (Wildman–Crippen MR) is 71.0 cm³/mol. The average molecular weight is 307 g/mol. The number of hydrogen-bond acceptors (Lipinski definition) is 4. The molecular weight excluding hydrogens is 296 g/mol. The number of nitrogens with two attached hydrogens (primary N) is 1. The van der Waals surface area contributed by atoms with Crippen LogP contribution in [-0.2, 0) is 6.42 Å². The van der Waals surface area contributed by atoms with Crippen molar-refractivity contribution in [2.24, 2.45) is 5.73 Å². The molecule has 0 bridgehead atoms. The van der Waals surface area contributed by atoms with E-state index in [1.54, 1.807) is 6.26 Å². The molecule has 0 aliphatic heterocycles. The average Bonchev–Trinajstić information content (AvgIpc) is 2.94. The molecule has 1 atom stereocenters. The van der Waals surface area contributed by atoms with Gasteiger partial charge in [0.2, 0.25) is 0 Å². The first-order chi connectivity index (χ1) is 8.74. The van der Waals surface area contributed by atoms with Gasteiger partial charge in [-0.2, -0.15) is 0 Å². The minimum Gasteiger partial charge on any atom is -0.457 e. The Hall–Kier alpha value is -1.59. The Morgan fingerprint density at radius 1 is 1.28 bits per heavy atom. The zero-order chi connectivity index (χ0) is 12.5. The van der Waals surface area contributed by atoms with E-state index in [9.17, 15) is 0 Å². The SMILES string of the molecule is NC(Cc1nc2ccccc2o1)c1ccoc1Br. The van der Waals surface area contributed by atoms with Crippen molar-refractivity contribution in [1.82, 2.24) is 4.98 Å². The maximum absolute atomic E-state index is 6.10. The lowest BCUT2D eigenvalue weighted by Gasteiger charge is -2.06. The van der Waals surface area contributed by atoms with E-state index in [0.29, 0.717) is 17.0 Å². The summed E-state index contributed by atoms with van der Waals surface area (Å²) >= 11 is 3.32. The highest BCUT2D eigenvalue weighted by Crippen LogP contribution is 2.26. The maximum atomic E-state index is 6.10. The molecule has 0 amide bonds. The number of hydrogen-bond donors (Lipinski definition) is 1. The van der Waals surface area contributed by atoms with Crippen LogP contribution in [0.4, 0.5) is 0 Å². The maximum Gasteiger partial charge on any atom is 0.197 e. The van der Waals surface area contributed by atoms with Crippen molar-refractivity contribution in [3.63, 3.8) is 0 Å². The smallest absolute Gasteiger partial charge is 0.197 e. The van der Waals surface area contributed by atoms with E-state index in [4.69, 9.17) is 14.6 Å². The topological polar surface area (TPSA) is 65.2 Å². The Morgan fingerprint density at radius 3 is 2.83 bits per heavy atom. The van der Waals surface area contributed by atoms with Gasteiger partial charge in [0, 0.05) is 18.0 Å². The molecule has 2 heterocycles. The summed E-state index contributed by atoms with van der Waals surface area (Å²) in [6.07, 6.45) is 2.14. The number of para-hydroxylation sites is 2. The lowest BCUT2D eigenvalue weighted by molar-refractivity contribution is 0.493. The highest BCUT2D eigenvalue weighted by Gasteiger charge is 2.16. The predicted octanol–water partition coefficient (Wildman–Crippen LogP) is 3.43. The Balaban J connectivity index is 1.86. The minimum absolute atomic E-state index is 0.203. The van der Waals surface area contributed by atoms with E-state index in [1.165, 1.54) is 0 Å². The molecule has 0 spiro atoms. The molecule has 0 fully saturated rings. The normalized spacial score (nSPS) is 13.0. The molecule has 0 saturated carbocycles. The van der Waals surface area contributed by atoms with Crippen molar-refractivity contribution in [3.05, 3.63) is 52.7 Å². The van der Waals surface area contributed by atoms with E-state index < -0.39 is 0 Å². The molecule has 5 heteroatoms. The fourth-order valence-corrected chi connectivity index (χ4v) is 2.41. The van der Waals surface area contributed by atoms with Gasteiger partial charge >= 0.3 is 0 Å². The third kappa shape index (κ3) is 2.07. The molecule has 2 N–H and O–H groups in total. The second-order valence-electron chi connectivity index (χ2n) is 4.04. The molecule has 4 nitrogen and oxygen atoms in total.